The molecule has 1 aromatic heterocycles. The van der Waals surface area contributed by atoms with Gasteiger partial charge in [0.15, 0.2) is 0 Å². The van der Waals surface area contributed by atoms with Crippen molar-refractivity contribution in [1.29, 1.82) is 0 Å². The van der Waals surface area contributed by atoms with Crippen LogP contribution in [0.25, 0.3) is 0 Å². The van der Waals surface area contributed by atoms with E-state index in [0.717, 1.165) is 22.7 Å². The number of hydrogen-bond donors (Lipinski definition) is 1. The SMILES string of the molecule is CCOc1ccc(C2NC(=O)N(C)C3=C2C(=O)N(CCc2ccccn2)C3)cc1. The number of benzene rings is 1. The Morgan fingerprint density at radius 2 is 1.97 bits per heavy atom. The van der Waals surface area contributed by atoms with Crippen LogP contribution in [0.4, 0.5) is 4.79 Å². The zero-order chi connectivity index (χ0) is 20.4. The largest absolute Gasteiger partial charge is 0.494 e. The van der Waals surface area contributed by atoms with Gasteiger partial charge in [0.1, 0.15) is 5.75 Å². The van der Waals surface area contributed by atoms with Gasteiger partial charge in [-0.2, -0.15) is 0 Å². The normalized spacial score (nSPS) is 18.8. The Morgan fingerprint density at radius 1 is 1.17 bits per heavy atom. The maximum Gasteiger partial charge on any atom is 0.322 e. The number of pyridine rings is 1. The van der Waals surface area contributed by atoms with Gasteiger partial charge in [-0.25, -0.2) is 4.79 Å². The van der Waals surface area contributed by atoms with Gasteiger partial charge in [0.25, 0.3) is 5.91 Å². The fourth-order valence-corrected chi connectivity index (χ4v) is 3.77. The van der Waals surface area contributed by atoms with Crippen LogP contribution in [0.2, 0.25) is 0 Å². The van der Waals surface area contributed by atoms with Gasteiger partial charge in [-0.15, -0.1) is 0 Å². The predicted molar refractivity (Wildman–Crippen MR) is 108 cm³/mol. The number of carbonyl (C=O) groups is 2. The van der Waals surface area contributed by atoms with E-state index in [0.29, 0.717) is 31.7 Å². The first-order valence-corrected chi connectivity index (χ1v) is 9.77. The van der Waals surface area contributed by atoms with E-state index in [1.807, 2.05) is 49.4 Å². The quantitative estimate of drug-likeness (QED) is 0.820. The number of aromatic nitrogens is 1. The number of ether oxygens (including phenoxy) is 1. The number of amides is 3. The molecule has 29 heavy (non-hydrogen) atoms. The minimum Gasteiger partial charge on any atom is -0.494 e. The van der Waals surface area contributed by atoms with Gasteiger partial charge < -0.3 is 15.0 Å². The maximum atomic E-state index is 13.2. The number of rotatable bonds is 6. The highest BCUT2D eigenvalue weighted by atomic mass is 16.5. The Kier molecular flexibility index (Phi) is 5.20. The van der Waals surface area contributed by atoms with Gasteiger partial charge in [-0.1, -0.05) is 18.2 Å². The molecule has 1 aromatic carbocycles. The smallest absolute Gasteiger partial charge is 0.322 e. The lowest BCUT2D eigenvalue weighted by molar-refractivity contribution is -0.125. The van der Waals surface area contributed by atoms with E-state index in [9.17, 15) is 9.59 Å². The second-order valence-electron chi connectivity index (χ2n) is 7.10. The van der Waals surface area contributed by atoms with Crippen LogP contribution in [0.5, 0.6) is 5.75 Å². The van der Waals surface area contributed by atoms with E-state index < -0.39 is 6.04 Å². The predicted octanol–water partition coefficient (Wildman–Crippen LogP) is 2.52. The first kappa shape index (κ1) is 19.0. The molecule has 4 rings (SSSR count). The molecule has 7 heteroatoms. The molecule has 0 aliphatic carbocycles. The number of hydrogen-bond acceptors (Lipinski definition) is 4. The van der Waals surface area contributed by atoms with E-state index in [-0.39, 0.29) is 11.9 Å². The molecular weight excluding hydrogens is 368 g/mol. The first-order valence-electron chi connectivity index (χ1n) is 9.77. The summed E-state index contributed by atoms with van der Waals surface area (Å²) in [5.74, 6) is 0.723. The van der Waals surface area contributed by atoms with Crippen molar-refractivity contribution in [3.8, 4) is 5.75 Å². The average Bonchev–Trinajstić information content (AvgIpc) is 3.07. The summed E-state index contributed by atoms with van der Waals surface area (Å²) in [5.41, 5.74) is 3.20. The lowest BCUT2D eigenvalue weighted by atomic mass is 9.95. The van der Waals surface area contributed by atoms with E-state index in [4.69, 9.17) is 4.74 Å². The van der Waals surface area contributed by atoms with Crippen LogP contribution in [0.1, 0.15) is 24.2 Å². The highest BCUT2D eigenvalue weighted by Crippen LogP contribution is 2.36. The number of likely N-dealkylation sites (N-methyl/N-ethyl adjacent to an activating group) is 1. The van der Waals surface area contributed by atoms with Crippen LogP contribution in [0, 0.1) is 0 Å². The van der Waals surface area contributed by atoms with Gasteiger partial charge in [0.05, 0.1) is 30.5 Å². The highest BCUT2D eigenvalue weighted by molar-refractivity contribution is 6.01. The molecule has 0 saturated carbocycles. The monoisotopic (exact) mass is 392 g/mol. The third-order valence-corrected chi connectivity index (χ3v) is 5.32. The number of nitrogens with one attached hydrogen (secondary N) is 1. The summed E-state index contributed by atoms with van der Waals surface area (Å²) in [5, 5.41) is 2.96. The third-order valence-electron chi connectivity index (χ3n) is 5.32. The molecule has 0 saturated heterocycles. The lowest BCUT2D eigenvalue weighted by Crippen LogP contribution is -2.45. The van der Waals surface area contributed by atoms with Gasteiger partial charge in [-0.05, 0) is 36.8 Å². The van der Waals surface area contributed by atoms with Crippen molar-refractivity contribution < 1.29 is 14.3 Å². The molecule has 150 valence electrons. The number of carbonyl (C=O) groups excluding carboxylic acids is 2. The molecule has 1 N–H and O–H groups in total. The number of nitrogens with zero attached hydrogens (tertiary/aromatic N) is 3. The summed E-state index contributed by atoms with van der Waals surface area (Å²) in [6, 6.07) is 12.6. The topological polar surface area (TPSA) is 74.8 Å². The molecule has 1 atom stereocenters. The van der Waals surface area contributed by atoms with Gasteiger partial charge in [0, 0.05) is 31.9 Å². The molecule has 0 bridgehead atoms. The van der Waals surface area contributed by atoms with Gasteiger partial charge in [0.2, 0.25) is 0 Å². The maximum absolute atomic E-state index is 13.2. The Hall–Kier alpha value is -3.35. The van der Waals surface area contributed by atoms with Crippen LogP contribution in [0.15, 0.2) is 59.9 Å². The molecule has 3 heterocycles. The van der Waals surface area contributed by atoms with Gasteiger partial charge >= 0.3 is 6.03 Å². The summed E-state index contributed by atoms with van der Waals surface area (Å²) >= 11 is 0. The van der Waals surface area contributed by atoms with E-state index in [1.165, 1.54) is 0 Å². The standard InChI is InChI=1S/C22H24N4O3/c1-3-29-17-9-7-15(8-10-17)20-19-18(25(2)22(28)24-20)14-26(21(19)27)13-11-16-6-4-5-12-23-16/h4-10,12,20H,3,11,13-14H2,1-2H3,(H,24,28). The summed E-state index contributed by atoms with van der Waals surface area (Å²) < 4.78 is 5.50. The van der Waals surface area contributed by atoms with E-state index in [1.54, 1.807) is 23.0 Å². The first-order chi connectivity index (χ1) is 14.1. The Labute approximate surface area is 170 Å². The molecule has 2 aromatic rings. The van der Waals surface area contributed by atoms with Crippen molar-refractivity contribution in [1.82, 2.24) is 20.1 Å². The molecule has 0 spiro atoms. The molecule has 3 amide bonds. The van der Waals surface area contributed by atoms with Crippen molar-refractivity contribution in [2.24, 2.45) is 0 Å². The van der Waals surface area contributed by atoms with E-state index >= 15 is 0 Å². The Bertz CT molecular complexity index is 940. The summed E-state index contributed by atoms with van der Waals surface area (Å²) in [6.45, 7) is 3.50. The van der Waals surface area contributed by atoms with Crippen LogP contribution in [0.3, 0.4) is 0 Å². The minimum absolute atomic E-state index is 0.0401. The van der Waals surface area contributed by atoms with Crippen LogP contribution in [-0.2, 0) is 11.2 Å². The van der Waals surface area contributed by atoms with Crippen molar-refractivity contribution in [2.75, 3.05) is 26.7 Å². The van der Waals surface area contributed by atoms with Crippen molar-refractivity contribution in [3.05, 3.63) is 71.2 Å². The lowest BCUT2D eigenvalue weighted by Gasteiger charge is -2.31. The highest BCUT2D eigenvalue weighted by Gasteiger charge is 2.42. The van der Waals surface area contributed by atoms with Crippen molar-refractivity contribution >= 4 is 11.9 Å². The summed E-state index contributed by atoms with van der Waals surface area (Å²) in [7, 11) is 1.70. The second kappa shape index (κ2) is 7.95. The van der Waals surface area contributed by atoms with Crippen molar-refractivity contribution in [2.45, 2.75) is 19.4 Å². The molecule has 7 nitrogen and oxygen atoms in total. The van der Waals surface area contributed by atoms with Crippen LogP contribution in [-0.4, -0.2) is 53.5 Å². The van der Waals surface area contributed by atoms with E-state index in [2.05, 4.69) is 10.3 Å². The molecule has 2 aliphatic heterocycles. The zero-order valence-corrected chi connectivity index (χ0v) is 16.6. The molecular formula is C22H24N4O3. The number of urea groups is 1. The fraction of sp³-hybridized carbons (Fsp3) is 0.318. The summed E-state index contributed by atoms with van der Waals surface area (Å²) in [6.07, 6.45) is 2.43. The molecule has 0 fully saturated rings. The zero-order valence-electron chi connectivity index (χ0n) is 16.6. The van der Waals surface area contributed by atoms with Gasteiger partial charge in [-0.3, -0.25) is 14.7 Å². The second-order valence-corrected chi connectivity index (χ2v) is 7.10. The minimum atomic E-state index is -0.461. The van der Waals surface area contributed by atoms with Crippen LogP contribution >= 0.6 is 0 Å². The fourth-order valence-electron chi connectivity index (χ4n) is 3.77. The van der Waals surface area contributed by atoms with Crippen LogP contribution < -0.4 is 10.1 Å². The molecule has 1 unspecified atom stereocenters. The molecule has 2 aliphatic rings. The molecule has 0 radical (unpaired) electrons. The third kappa shape index (κ3) is 3.68. The van der Waals surface area contributed by atoms with Crippen molar-refractivity contribution in [3.63, 3.8) is 0 Å². The summed E-state index contributed by atoms with van der Waals surface area (Å²) in [4.78, 5) is 33.4. The Morgan fingerprint density at radius 3 is 2.66 bits per heavy atom. The average molecular weight is 392 g/mol. The Balaban J connectivity index is 1.56.